The number of thioether (sulfide) groups is 1. The molecule has 1 aromatic heterocycles. The molecule has 0 saturated carbocycles. The molecule has 2 aromatic rings. The summed E-state index contributed by atoms with van der Waals surface area (Å²) in [4.78, 5) is 15.8. The average molecular weight is 447 g/mol. The van der Waals surface area contributed by atoms with Gasteiger partial charge in [-0.3, -0.25) is 9.93 Å². The minimum Gasteiger partial charge on any atom is -0.382 e. The molecule has 12 heteroatoms. The number of nitrogens with zero attached hydrogens (tertiary/aromatic N) is 3. The van der Waals surface area contributed by atoms with Crippen molar-refractivity contribution in [3.05, 3.63) is 35.0 Å². The number of aromatic nitrogens is 2. The summed E-state index contributed by atoms with van der Waals surface area (Å²) in [6.45, 7) is 4.39. The van der Waals surface area contributed by atoms with Crippen LogP contribution in [0.1, 0.15) is 26.0 Å². The Kier molecular flexibility index (Phi) is 11.4. The Bertz CT molecular complexity index is 815. The fraction of sp³-hybridized carbons (Fsp3) is 0.375. The van der Waals surface area contributed by atoms with Crippen LogP contribution >= 0.6 is 23.4 Å². The molecule has 0 fully saturated rings. The number of halogens is 1. The molecule has 1 aromatic carbocycles. The van der Waals surface area contributed by atoms with Crippen LogP contribution in [0.4, 0.5) is 5.69 Å². The molecule has 1 unspecified atom stereocenters. The smallest absolute Gasteiger partial charge is 0.221 e. The van der Waals surface area contributed by atoms with E-state index in [9.17, 15) is 9.00 Å². The number of nitrogens with two attached hydrogens (primary N) is 2. The third-order valence-electron chi connectivity index (χ3n) is 2.95. The summed E-state index contributed by atoms with van der Waals surface area (Å²) in [6, 6.07) is 6.91. The van der Waals surface area contributed by atoms with Gasteiger partial charge in [-0.1, -0.05) is 43.3 Å². The number of nitrogens with one attached hydrogen (secondary N) is 1. The minimum absolute atomic E-state index is 0.115. The van der Waals surface area contributed by atoms with Gasteiger partial charge < -0.3 is 11.1 Å². The van der Waals surface area contributed by atoms with Crippen LogP contribution < -0.4 is 16.2 Å². The summed E-state index contributed by atoms with van der Waals surface area (Å²) in [6.07, 6.45) is 0.115. The Labute approximate surface area is 175 Å². The van der Waals surface area contributed by atoms with Crippen LogP contribution in [0.25, 0.3) is 0 Å². The quantitative estimate of drug-likeness (QED) is 0.230. The molecule has 2 rings (SSSR count). The van der Waals surface area contributed by atoms with Gasteiger partial charge in [-0.2, -0.15) is 0 Å². The number of aliphatic imine (C=N–C) groups is 1. The van der Waals surface area contributed by atoms with Crippen LogP contribution in [-0.2, 0) is 15.8 Å². The van der Waals surface area contributed by atoms with Gasteiger partial charge in [0.25, 0.3) is 0 Å². The predicted octanol–water partition coefficient (Wildman–Crippen LogP) is 2.01. The topological polar surface area (TPSA) is 149 Å². The van der Waals surface area contributed by atoms with Gasteiger partial charge >= 0.3 is 0 Å². The van der Waals surface area contributed by atoms with Crippen molar-refractivity contribution >= 4 is 51.8 Å². The molecule has 1 amide bonds. The van der Waals surface area contributed by atoms with Gasteiger partial charge in [-0.25, -0.2) is 13.8 Å². The largest absolute Gasteiger partial charge is 0.382 e. The van der Waals surface area contributed by atoms with Crippen molar-refractivity contribution in [2.75, 3.05) is 18.1 Å². The molecule has 1 atom stereocenters. The van der Waals surface area contributed by atoms with Gasteiger partial charge in [-0.15, -0.1) is 0 Å². The number of hydrogen-bond donors (Lipinski definition) is 3. The standard InChI is InChI=1S/C14H17ClN6O3S2.C2H6/c15-9-2-1-3-10(8-9)19-13(16)12-14(21-24-20-12)25-6-5-18-11(22)4-7-26(17)23;1-2/h1-3,8H,4-7,17H2,(H2,16,19)(H,18,22);1-2H3. The molecular weight excluding hydrogens is 424 g/mol. The van der Waals surface area contributed by atoms with E-state index in [4.69, 9.17) is 27.1 Å². The first-order valence-electron chi connectivity index (χ1n) is 8.40. The number of rotatable bonds is 9. The van der Waals surface area contributed by atoms with Crippen molar-refractivity contribution in [3.8, 4) is 0 Å². The van der Waals surface area contributed by atoms with E-state index in [0.29, 0.717) is 33.7 Å². The Hall–Kier alpha value is -1.95. The highest BCUT2D eigenvalue weighted by atomic mass is 35.5. The van der Waals surface area contributed by atoms with E-state index in [1.54, 1.807) is 24.3 Å². The fourth-order valence-electron chi connectivity index (χ4n) is 1.79. The lowest BCUT2D eigenvalue weighted by molar-refractivity contribution is -0.120. The maximum absolute atomic E-state index is 11.5. The zero-order valence-corrected chi connectivity index (χ0v) is 17.9. The normalized spacial score (nSPS) is 12.1. The molecule has 0 aliphatic rings. The fourth-order valence-corrected chi connectivity index (χ4v) is 3.12. The third kappa shape index (κ3) is 8.83. The van der Waals surface area contributed by atoms with Crippen molar-refractivity contribution in [3.63, 3.8) is 0 Å². The van der Waals surface area contributed by atoms with E-state index in [-0.39, 0.29) is 23.9 Å². The Morgan fingerprint density at radius 3 is 2.82 bits per heavy atom. The number of carbonyl (C=O) groups is 1. The summed E-state index contributed by atoms with van der Waals surface area (Å²) in [5, 5.41) is 16.4. The van der Waals surface area contributed by atoms with Gasteiger partial charge in [0, 0.05) is 29.5 Å². The number of benzene rings is 1. The van der Waals surface area contributed by atoms with E-state index in [1.165, 1.54) is 11.8 Å². The Morgan fingerprint density at radius 2 is 2.14 bits per heavy atom. The number of hydrogen-bond acceptors (Lipinski definition) is 7. The number of amidine groups is 1. The highest BCUT2D eigenvalue weighted by molar-refractivity contribution is 7.99. The summed E-state index contributed by atoms with van der Waals surface area (Å²) in [5.41, 5.74) is 6.86. The van der Waals surface area contributed by atoms with Crippen molar-refractivity contribution in [2.24, 2.45) is 15.9 Å². The highest BCUT2D eigenvalue weighted by Gasteiger charge is 2.15. The molecule has 0 bridgehead atoms. The first kappa shape index (κ1) is 24.1. The van der Waals surface area contributed by atoms with Crippen LogP contribution in [0.5, 0.6) is 0 Å². The average Bonchev–Trinajstić information content (AvgIpc) is 3.14. The van der Waals surface area contributed by atoms with Crippen LogP contribution in [0.2, 0.25) is 5.02 Å². The summed E-state index contributed by atoms with van der Waals surface area (Å²) < 4.78 is 15.5. The highest BCUT2D eigenvalue weighted by Crippen LogP contribution is 2.21. The molecule has 0 saturated heterocycles. The maximum atomic E-state index is 11.5. The van der Waals surface area contributed by atoms with Crippen LogP contribution in [-0.4, -0.2) is 44.3 Å². The predicted molar refractivity (Wildman–Crippen MR) is 113 cm³/mol. The molecule has 0 radical (unpaired) electrons. The van der Waals surface area contributed by atoms with Gasteiger partial charge in [0.2, 0.25) is 5.91 Å². The Morgan fingerprint density at radius 1 is 1.39 bits per heavy atom. The van der Waals surface area contributed by atoms with E-state index >= 15 is 0 Å². The monoisotopic (exact) mass is 446 g/mol. The zero-order chi connectivity index (χ0) is 20.9. The summed E-state index contributed by atoms with van der Waals surface area (Å²) >= 11 is 7.22. The summed E-state index contributed by atoms with van der Waals surface area (Å²) in [7, 11) is -1.48. The zero-order valence-electron chi connectivity index (χ0n) is 15.6. The van der Waals surface area contributed by atoms with Crippen LogP contribution in [0.3, 0.4) is 0 Å². The van der Waals surface area contributed by atoms with Crippen LogP contribution in [0, 0.1) is 0 Å². The summed E-state index contributed by atoms with van der Waals surface area (Å²) in [5.74, 6) is 0.575. The van der Waals surface area contributed by atoms with E-state index in [1.807, 2.05) is 13.8 Å². The lowest BCUT2D eigenvalue weighted by atomic mass is 10.3. The van der Waals surface area contributed by atoms with Crippen molar-refractivity contribution in [1.82, 2.24) is 15.6 Å². The SMILES string of the molecule is CC.NC(=Nc1cccc(Cl)c1)c1nonc1SCCNC(=O)CCS(N)=O. The van der Waals surface area contributed by atoms with Crippen LogP contribution in [0.15, 0.2) is 38.9 Å². The van der Waals surface area contributed by atoms with Crippen molar-refractivity contribution in [2.45, 2.75) is 25.3 Å². The number of amides is 1. The molecular formula is C16H23ClN6O3S2. The van der Waals surface area contributed by atoms with Crippen molar-refractivity contribution < 1.29 is 13.6 Å². The molecule has 0 aliphatic carbocycles. The van der Waals surface area contributed by atoms with Gasteiger partial charge in [0.15, 0.2) is 16.6 Å². The molecule has 5 N–H and O–H groups in total. The lowest BCUT2D eigenvalue weighted by Gasteiger charge is -2.03. The second kappa shape index (κ2) is 13.3. The molecule has 28 heavy (non-hydrogen) atoms. The maximum Gasteiger partial charge on any atom is 0.221 e. The molecule has 9 nitrogen and oxygen atoms in total. The second-order valence-corrected chi connectivity index (χ2v) is 7.62. The molecule has 0 aliphatic heterocycles. The number of carbonyl (C=O) groups excluding carboxylic acids is 1. The van der Waals surface area contributed by atoms with Gasteiger partial charge in [0.1, 0.15) is 0 Å². The molecule has 154 valence electrons. The lowest BCUT2D eigenvalue weighted by Crippen LogP contribution is -2.27. The van der Waals surface area contributed by atoms with Gasteiger partial charge in [-0.05, 0) is 28.5 Å². The first-order valence-corrected chi connectivity index (χ1v) is 11.1. The minimum atomic E-state index is -1.48. The van der Waals surface area contributed by atoms with Gasteiger partial charge in [0.05, 0.1) is 16.7 Å². The first-order chi connectivity index (χ1) is 13.5. The van der Waals surface area contributed by atoms with E-state index in [2.05, 4.69) is 20.6 Å². The second-order valence-electron chi connectivity index (χ2n) is 4.93. The van der Waals surface area contributed by atoms with E-state index < -0.39 is 11.0 Å². The molecule has 0 spiro atoms. The third-order valence-corrected chi connectivity index (χ3v) is 4.74. The van der Waals surface area contributed by atoms with Crippen molar-refractivity contribution in [1.29, 1.82) is 0 Å². The van der Waals surface area contributed by atoms with E-state index in [0.717, 1.165) is 0 Å². The molecule has 1 heterocycles. The Balaban J connectivity index is 0.00000190.